The number of nitrogens with one attached hydrogen (secondary N) is 1. The first-order chi connectivity index (χ1) is 11.1. The molecule has 1 saturated heterocycles. The molecule has 0 bridgehead atoms. The zero-order valence-electron chi connectivity index (χ0n) is 13.7. The van der Waals surface area contributed by atoms with Crippen LogP contribution in [0.25, 0.3) is 0 Å². The predicted octanol–water partition coefficient (Wildman–Crippen LogP) is 1.91. The smallest absolute Gasteiger partial charge is 0.309 e. The van der Waals surface area contributed by atoms with Crippen molar-refractivity contribution in [3.63, 3.8) is 0 Å². The van der Waals surface area contributed by atoms with Gasteiger partial charge in [-0.15, -0.1) is 0 Å². The van der Waals surface area contributed by atoms with Crippen molar-refractivity contribution in [3.05, 3.63) is 24.3 Å². The fourth-order valence-electron chi connectivity index (χ4n) is 2.73. The van der Waals surface area contributed by atoms with Crippen molar-refractivity contribution in [2.24, 2.45) is 5.92 Å². The summed E-state index contributed by atoms with van der Waals surface area (Å²) in [6, 6.07) is 7.32. The van der Waals surface area contributed by atoms with Gasteiger partial charge in [0.1, 0.15) is 5.75 Å². The molecule has 0 spiro atoms. The van der Waals surface area contributed by atoms with Gasteiger partial charge in [-0.2, -0.15) is 0 Å². The van der Waals surface area contributed by atoms with E-state index in [1.165, 1.54) is 0 Å². The maximum Gasteiger partial charge on any atom is 0.309 e. The molecule has 6 heteroatoms. The first-order valence-corrected chi connectivity index (χ1v) is 7.96. The van der Waals surface area contributed by atoms with Crippen LogP contribution in [0, 0.1) is 5.92 Å². The van der Waals surface area contributed by atoms with Crippen LogP contribution in [0.5, 0.6) is 5.75 Å². The average molecular weight is 320 g/mol. The van der Waals surface area contributed by atoms with Crippen molar-refractivity contribution < 1.29 is 19.1 Å². The summed E-state index contributed by atoms with van der Waals surface area (Å²) in [7, 11) is 1.57. The number of anilines is 1. The molecular formula is C17H24N2O4. The summed E-state index contributed by atoms with van der Waals surface area (Å²) in [5.74, 6) is 0.403. The summed E-state index contributed by atoms with van der Waals surface area (Å²) in [5, 5.41) is 2.87. The zero-order chi connectivity index (χ0) is 16.7. The van der Waals surface area contributed by atoms with Crippen molar-refractivity contribution in [2.75, 3.05) is 38.7 Å². The molecule has 1 aromatic rings. The lowest BCUT2D eigenvalue weighted by molar-refractivity contribution is -0.149. The standard InChI is InChI=1S/C17H24N2O4/c1-3-23-17(21)13-8-10-19(11-9-13)12-16(20)18-14-6-4-5-7-15(14)22-2/h4-7,13H,3,8-12H2,1-2H3,(H,18,20). The number of benzene rings is 1. The molecule has 0 aromatic heterocycles. The highest BCUT2D eigenvalue weighted by Gasteiger charge is 2.26. The lowest BCUT2D eigenvalue weighted by atomic mass is 9.97. The number of hydrogen-bond acceptors (Lipinski definition) is 5. The second kappa shape index (κ2) is 8.53. The third kappa shape index (κ3) is 4.96. The van der Waals surface area contributed by atoms with E-state index in [0.717, 1.165) is 25.9 Å². The number of hydrogen-bond donors (Lipinski definition) is 1. The molecule has 1 amide bonds. The van der Waals surface area contributed by atoms with E-state index in [2.05, 4.69) is 10.2 Å². The summed E-state index contributed by atoms with van der Waals surface area (Å²) in [4.78, 5) is 25.9. The van der Waals surface area contributed by atoms with Crippen molar-refractivity contribution in [3.8, 4) is 5.75 Å². The Kier molecular flexibility index (Phi) is 6.40. The number of piperidine rings is 1. The Morgan fingerprint density at radius 2 is 1.96 bits per heavy atom. The van der Waals surface area contributed by atoms with E-state index in [4.69, 9.17) is 9.47 Å². The Hall–Kier alpha value is -2.08. The molecule has 1 fully saturated rings. The molecule has 0 unspecified atom stereocenters. The van der Waals surface area contributed by atoms with Crippen molar-refractivity contribution >= 4 is 17.6 Å². The summed E-state index contributed by atoms with van der Waals surface area (Å²) in [6.07, 6.45) is 1.47. The van der Waals surface area contributed by atoms with Crippen molar-refractivity contribution in [2.45, 2.75) is 19.8 Å². The number of carbonyl (C=O) groups is 2. The van der Waals surface area contributed by atoms with Gasteiger partial charge in [0, 0.05) is 0 Å². The molecule has 1 heterocycles. The van der Waals surface area contributed by atoms with E-state index >= 15 is 0 Å². The van der Waals surface area contributed by atoms with E-state index in [-0.39, 0.29) is 17.8 Å². The number of rotatable bonds is 6. The highest BCUT2D eigenvalue weighted by molar-refractivity contribution is 5.93. The van der Waals surface area contributed by atoms with Gasteiger partial charge in [0.25, 0.3) is 0 Å². The van der Waals surface area contributed by atoms with Crippen LogP contribution in [0.4, 0.5) is 5.69 Å². The third-order valence-corrected chi connectivity index (χ3v) is 3.96. The average Bonchev–Trinajstić information content (AvgIpc) is 2.56. The second-order valence-corrected chi connectivity index (χ2v) is 5.55. The Labute approximate surface area is 136 Å². The van der Waals surface area contributed by atoms with Gasteiger partial charge in [-0.05, 0) is 45.0 Å². The molecule has 1 aliphatic rings. The third-order valence-electron chi connectivity index (χ3n) is 3.96. The van der Waals surface area contributed by atoms with E-state index in [1.54, 1.807) is 13.2 Å². The number of esters is 1. The topological polar surface area (TPSA) is 67.9 Å². The normalized spacial score (nSPS) is 15.9. The minimum Gasteiger partial charge on any atom is -0.495 e. The summed E-state index contributed by atoms with van der Waals surface area (Å²) in [5.41, 5.74) is 0.668. The molecule has 126 valence electrons. The van der Waals surface area contributed by atoms with Crippen molar-refractivity contribution in [1.29, 1.82) is 0 Å². The minimum atomic E-state index is -0.120. The van der Waals surface area contributed by atoms with E-state index in [0.29, 0.717) is 24.6 Å². The van der Waals surface area contributed by atoms with Crippen molar-refractivity contribution in [1.82, 2.24) is 4.90 Å². The molecule has 1 aromatic carbocycles. The van der Waals surface area contributed by atoms with Crippen LogP contribution in [-0.4, -0.2) is 50.1 Å². The molecule has 6 nitrogen and oxygen atoms in total. The van der Waals surface area contributed by atoms with Gasteiger partial charge in [0.05, 0.1) is 31.9 Å². The van der Waals surface area contributed by atoms with Crippen LogP contribution in [0.3, 0.4) is 0 Å². The fourth-order valence-corrected chi connectivity index (χ4v) is 2.73. The first-order valence-electron chi connectivity index (χ1n) is 7.96. The number of carbonyl (C=O) groups excluding carboxylic acids is 2. The highest BCUT2D eigenvalue weighted by atomic mass is 16.5. The number of nitrogens with zero attached hydrogens (tertiary/aromatic N) is 1. The summed E-state index contributed by atoms with van der Waals surface area (Å²) < 4.78 is 10.3. The van der Waals surface area contributed by atoms with Gasteiger partial charge in [-0.3, -0.25) is 14.5 Å². The molecular weight excluding hydrogens is 296 g/mol. The Morgan fingerprint density at radius 1 is 1.26 bits per heavy atom. The molecule has 0 atom stereocenters. The predicted molar refractivity (Wildman–Crippen MR) is 87.4 cm³/mol. The first kappa shape index (κ1) is 17.3. The van der Waals surface area contributed by atoms with Crippen LogP contribution < -0.4 is 10.1 Å². The van der Waals surface area contributed by atoms with Crippen LogP contribution in [0.1, 0.15) is 19.8 Å². The quantitative estimate of drug-likeness (QED) is 0.811. The highest BCUT2D eigenvalue weighted by Crippen LogP contribution is 2.23. The minimum absolute atomic E-state index is 0.0384. The van der Waals surface area contributed by atoms with Gasteiger partial charge in [-0.25, -0.2) is 0 Å². The van der Waals surface area contributed by atoms with E-state index in [1.807, 2.05) is 25.1 Å². The molecule has 0 aliphatic carbocycles. The van der Waals surface area contributed by atoms with Gasteiger partial charge < -0.3 is 14.8 Å². The van der Waals surface area contributed by atoms with Crippen LogP contribution >= 0.6 is 0 Å². The van der Waals surface area contributed by atoms with Crippen LogP contribution in [0.15, 0.2) is 24.3 Å². The molecule has 2 rings (SSSR count). The summed E-state index contributed by atoms with van der Waals surface area (Å²) in [6.45, 7) is 3.99. The number of para-hydroxylation sites is 2. The zero-order valence-corrected chi connectivity index (χ0v) is 13.7. The molecule has 1 aliphatic heterocycles. The molecule has 1 N–H and O–H groups in total. The van der Waals surface area contributed by atoms with Gasteiger partial charge in [0.2, 0.25) is 5.91 Å². The maximum atomic E-state index is 12.2. The Bertz CT molecular complexity index is 539. The second-order valence-electron chi connectivity index (χ2n) is 5.55. The van der Waals surface area contributed by atoms with Gasteiger partial charge >= 0.3 is 5.97 Å². The van der Waals surface area contributed by atoms with Crippen LogP contribution in [0.2, 0.25) is 0 Å². The van der Waals surface area contributed by atoms with E-state index in [9.17, 15) is 9.59 Å². The monoisotopic (exact) mass is 320 g/mol. The van der Waals surface area contributed by atoms with Gasteiger partial charge in [-0.1, -0.05) is 12.1 Å². The van der Waals surface area contributed by atoms with Crippen LogP contribution in [-0.2, 0) is 14.3 Å². The lowest BCUT2D eigenvalue weighted by Gasteiger charge is -2.30. The SMILES string of the molecule is CCOC(=O)C1CCN(CC(=O)Nc2ccccc2OC)CC1. The Balaban J connectivity index is 1.80. The van der Waals surface area contributed by atoms with E-state index < -0.39 is 0 Å². The largest absolute Gasteiger partial charge is 0.495 e. The lowest BCUT2D eigenvalue weighted by Crippen LogP contribution is -2.41. The van der Waals surface area contributed by atoms with Gasteiger partial charge in [0.15, 0.2) is 0 Å². The number of likely N-dealkylation sites (tertiary alicyclic amines) is 1. The fraction of sp³-hybridized carbons (Fsp3) is 0.529. The summed E-state index contributed by atoms with van der Waals surface area (Å²) >= 11 is 0. The molecule has 0 saturated carbocycles. The molecule has 0 radical (unpaired) electrons. The molecule has 23 heavy (non-hydrogen) atoms. The number of amides is 1. The number of methoxy groups -OCH3 is 1. The number of ether oxygens (including phenoxy) is 2. The maximum absolute atomic E-state index is 12.2. The Morgan fingerprint density at radius 3 is 2.61 bits per heavy atom.